The van der Waals surface area contributed by atoms with Crippen molar-refractivity contribution in [2.75, 3.05) is 12.4 Å². The minimum atomic E-state index is -0.677. The summed E-state index contributed by atoms with van der Waals surface area (Å²) in [7, 11) is 1.49. The maximum absolute atomic E-state index is 13.7. The Morgan fingerprint density at radius 2 is 2.05 bits per heavy atom. The number of hydrogen-bond donors (Lipinski definition) is 1. The number of halogens is 3. The Balaban J connectivity index is 2.30. The molecule has 0 aliphatic rings. The van der Waals surface area contributed by atoms with Gasteiger partial charge in [0.2, 0.25) is 0 Å². The van der Waals surface area contributed by atoms with Crippen LogP contribution in [-0.4, -0.2) is 13.0 Å². The molecule has 0 saturated carbocycles. The molecule has 104 valence electrons. The van der Waals surface area contributed by atoms with Crippen LogP contribution in [0.25, 0.3) is 0 Å². The van der Waals surface area contributed by atoms with Gasteiger partial charge in [0.05, 0.1) is 18.4 Å². The first kappa shape index (κ1) is 14.8. The molecule has 1 amide bonds. The molecule has 0 saturated heterocycles. The Hall–Kier alpha value is -1.59. The number of anilines is 1. The second kappa shape index (κ2) is 6.24. The van der Waals surface area contributed by atoms with Crippen molar-refractivity contribution in [2.24, 2.45) is 0 Å². The summed E-state index contributed by atoms with van der Waals surface area (Å²) in [6, 6.07) is 9.02. The quantitative estimate of drug-likeness (QED) is 0.877. The number of carbonyl (C=O) groups excluding carboxylic acids is 1. The minimum absolute atomic E-state index is 0.0866. The van der Waals surface area contributed by atoms with Gasteiger partial charge in [0.1, 0.15) is 11.6 Å². The molecule has 0 unspecified atom stereocenters. The zero-order valence-electron chi connectivity index (χ0n) is 10.4. The van der Waals surface area contributed by atoms with Crippen LogP contribution in [0.1, 0.15) is 10.4 Å². The smallest absolute Gasteiger partial charge is 0.258 e. The van der Waals surface area contributed by atoms with E-state index in [4.69, 9.17) is 16.3 Å². The lowest BCUT2D eigenvalue weighted by Crippen LogP contribution is -2.14. The largest absolute Gasteiger partial charge is 0.495 e. The number of benzene rings is 2. The monoisotopic (exact) mass is 357 g/mol. The van der Waals surface area contributed by atoms with E-state index in [1.54, 1.807) is 18.2 Å². The molecule has 0 aromatic heterocycles. The maximum atomic E-state index is 13.7. The van der Waals surface area contributed by atoms with Crippen molar-refractivity contribution in [3.05, 3.63) is 57.3 Å². The van der Waals surface area contributed by atoms with Gasteiger partial charge in [0.15, 0.2) is 0 Å². The number of hydrogen-bond acceptors (Lipinski definition) is 2. The fourth-order valence-corrected chi connectivity index (χ4v) is 2.16. The van der Waals surface area contributed by atoms with Crippen LogP contribution in [0, 0.1) is 5.82 Å². The standard InChI is InChI=1S/C14H10BrClFNO2/c1-20-13-5-2-8(15)6-12(13)18-14(19)10-4-3-9(16)7-11(10)17/h2-7H,1H3,(H,18,19). The molecule has 6 heteroatoms. The average Bonchev–Trinajstić information content (AvgIpc) is 2.38. The number of nitrogens with one attached hydrogen (secondary N) is 1. The first-order valence-electron chi connectivity index (χ1n) is 5.61. The summed E-state index contributed by atoms with van der Waals surface area (Å²) in [6.07, 6.45) is 0. The summed E-state index contributed by atoms with van der Waals surface area (Å²) in [4.78, 5) is 12.1. The van der Waals surface area contributed by atoms with Gasteiger partial charge in [-0.25, -0.2) is 4.39 Å². The summed E-state index contributed by atoms with van der Waals surface area (Å²) in [5.74, 6) is -0.768. The molecule has 3 nitrogen and oxygen atoms in total. The molecule has 2 aromatic carbocycles. The van der Waals surface area contributed by atoms with E-state index in [1.165, 1.54) is 19.2 Å². The van der Waals surface area contributed by atoms with Crippen molar-refractivity contribution in [3.63, 3.8) is 0 Å². The topological polar surface area (TPSA) is 38.3 Å². The zero-order valence-corrected chi connectivity index (χ0v) is 12.8. The van der Waals surface area contributed by atoms with Crippen LogP contribution >= 0.6 is 27.5 Å². The van der Waals surface area contributed by atoms with Crippen LogP contribution in [-0.2, 0) is 0 Å². The van der Waals surface area contributed by atoms with Crippen LogP contribution in [0.2, 0.25) is 5.02 Å². The maximum Gasteiger partial charge on any atom is 0.258 e. The van der Waals surface area contributed by atoms with E-state index in [2.05, 4.69) is 21.2 Å². The van der Waals surface area contributed by atoms with Crippen LogP contribution in [0.15, 0.2) is 40.9 Å². The highest BCUT2D eigenvalue weighted by Crippen LogP contribution is 2.28. The summed E-state index contributed by atoms with van der Waals surface area (Å²) in [6.45, 7) is 0. The number of carbonyl (C=O) groups is 1. The van der Waals surface area contributed by atoms with E-state index in [1.807, 2.05) is 0 Å². The molecular formula is C14H10BrClFNO2. The van der Waals surface area contributed by atoms with E-state index in [-0.39, 0.29) is 10.6 Å². The predicted molar refractivity (Wildman–Crippen MR) is 80.1 cm³/mol. The van der Waals surface area contributed by atoms with Crippen molar-refractivity contribution < 1.29 is 13.9 Å². The van der Waals surface area contributed by atoms with Crippen molar-refractivity contribution >= 4 is 39.1 Å². The third-order valence-electron chi connectivity index (χ3n) is 2.59. The Morgan fingerprint density at radius 1 is 1.30 bits per heavy atom. The van der Waals surface area contributed by atoms with Crippen LogP contribution < -0.4 is 10.1 Å². The van der Waals surface area contributed by atoms with Gasteiger partial charge in [-0.05, 0) is 36.4 Å². The van der Waals surface area contributed by atoms with Crippen molar-refractivity contribution in [2.45, 2.75) is 0 Å². The van der Waals surface area contributed by atoms with Crippen molar-refractivity contribution in [1.29, 1.82) is 0 Å². The lowest BCUT2D eigenvalue weighted by molar-refractivity contribution is 0.102. The molecule has 0 bridgehead atoms. The second-order valence-electron chi connectivity index (χ2n) is 3.92. The van der Waals surface area contributed by atoms with Crippen molar-refractivity contribution in [1.82, 2.24) is 0 Å². The lowest BCUT2D eigenvalue weighted by atomic mass is 10.2. The third kappa shape index (κ3) is 3.29. The average molecular weight is 359 g/mol. The van der Waals surface area contributed by atoms with Gasteiger partial charge < -0.3 is 10.1 Å². The molecule has 0 spiro atoms. The summed E-state index contributed by atoms with van der Waals surface area (Å²) in [5.41, 5.74) is 0.359. The lowest BCUT2D eigenvalue weighted by Gasteiger charge is -2.11. The summed E-state index contributed by atoms with van der Waals surface area (Å²) in [5, 5.41) is 2.84. The van der Waals surface area contributed by atoms with Gasteiger partial charge in [-0.2, -0.15) is 0 Å². The number of ether oxygens (including phenoxy) is 1. The van der Waals surface area contributed by atoms with Crippen LogP contribution in [0.5, 0.6) is 5.75 Å². The second-order valence-corrected chi connectivity index (χ2v) is 5.28. The highest BCUT2D eigenvalue weighted by atomic mass is 79.9. The highest BCUT2D eigenvalue weighted by molar-refractivity contribution is 9.10. The van der Waals surface area contributed by atoms with E-state index >= 15 is 0 Å². The van der Waals surface area contributed by atoms with Gasteiger partial charge in [0, 0.05) is 9.50 Å². The van der Waals surface area contributed by atoms with Crippen LogP contribution in [0.3, 0.4) is 0 Å². The number of methoxy groups -OCH3 is 1. The molecule has 0 aliphatic carbocycles. The zero-order chi connectivity index (χ0) is 14.7. The molecule has 0 radical (unpaired) electrons. The van der Waals surface area contributed by atoms with Gasteiger partial charge in [0.25, 0.3) is 5.91 Å². The molecule has 0 heterocycles. The Bertz CT molecular complexity index is 664. The van der Waals surface area contributed by atoms with Gasteiger partial charge in [-0.15, -0.1) is 0 Å². The molecule has 0 aliphatic heterocycles. The number of rotatable bonds is 3. The Kier molecular flexibility index (Phi) is 4.62. The van der Waals surface area contributed by atoms with Crippen molar-refractivity contribution in [3.8, 4) is 5.75 Å². The fraction of sp³-hybridized carbons (Fsp3) is 0.0714. The first-order chi connectivity index (χ1) is 9.51. The summed E-state index contributed by atoms with van der Waals surface area (Å²) < 4.78 is 19.6. The van der Waals surface area contributed by atoms with Gasteiger partial charge in [-0.3, -0.25) is 4.79 Å². The summed E-state index contributed by atoms with van der Waals surface area (Å²) >= 11 is 8.95. The van der Waals surface area contributed by atoms with E-state index in [0.717, 1.165) is 10.5 Å². The molecular weight excluding hydrogens is 349 g/mol. The van der Waals surface area contributed by atoms with Crippen LogP contribution in [0.4, 0.5) is 10.1 Å². The Labute approximate surface area is 128 Å². The van der Waals surface area contributed by atoms with E-state index in [9.17, 15) is 9.18 Å². The van der Waals surface area contributed by atoms with Gasteiger partial charge in [-0.1, -0.05) is 27.5 Å². The van der Waals surface area contributed by atoms with Gasteiger partial charge >= 0.3 is 0 Å². The molecule has 0 atom stereocenters. The molecule has 1 N–H and O–H groups in total. The normalized spacial score (nSPS) is 10.2. The molecule has 2 aromatic rings. The SMILES string of the molecule is COc1ccc(Br)cc1NC(=O)c1ccc(Cl)cc1F. The predicted octanol–water partition coefficient (Wildman–Crippen LogP) is 4.50. The van der Waals surface area contributed by atoms with E-state index in [0.29, 0.717) is 11.4 Å². The molecule has 0 fully saturated rings. The molecule has 2 rings (SSSR count). The first-order valence-corrected chi connectivity index (χ1v) is 6.78. The minimum Gasteiger partial charge on any atom is -0.495 e. The highest BCUT2D eigenvalue weighted by Gasteiger charge is 2.14. The van der Waals surface area contributed by atoms with E-state index < -0.39 is 11.7 Å². The third-order valence-corrected chi connectivity index (χ3v) is 3.31. The number of amides is 1. The molecule has 20 heavy (non-hydrogen) atoms. The Morgan fingerprint density at radius 3 is 2.70 bits per heavy atom. The fourth-order valence-electron chi connectivity index (χ4n) is 1.64.